The van der Waals surface area contributed by atoms with Crippen molar-refractivity contribution in [1.82, 2.24) is 59.8 Å². The normalized spacial score (nSPS) is 11.7. The van der Waals surface area contributed by atoms with E-state index >= 15 is 0 Å². The molecule has 29 aromatic rings. The van der Waals surface area contributed by atoms with E-state index in [0.29, 0.717) is 63.8 Å². The molecule has 18 aromatic carbocycles. The van der Waals surface area contributed by atoms with Gasteiger partial charge in [-0.15, -0.1) is 0 Å². The number of rotatable bonds is 12. The molecule has 11 heterocycles. The minimum atomic E-state index is 0.577. The number of pyridine rings is 3. The molecule has 658 valence electrons. The molecule has 17 heteroatoms. The molecule has 0 atom stereocenters. The number of hydrogen-bond donors (Lipinski definition) is 0. The zero-order chi connectivity index (χ0) is 93.0. The van der Waals surface area contributed by atoms with Crippen molar-refractivity contribution in [2.24, 2.45) is 0 Å². The lowest BCUT2D eigenvalue weighted by Gasteiger charge is -2.11. The number of aromatic nitrogens is 12. The maximum atomic E-state index is 6.32. The van der Waals surface area contributed by atoms with Crippen molar-refractivity contribution in [1.29, 1.82) is 0 Å². The predicted molar refractivity (Wildman–Crippen MR) is 565 cm³/mol. The summed E-state index contributed by atoms with van der Waals surface area (Å²) in [7, 11) is 0. The van der Waals surface area contributed by atoms with Crippen molar-refractivity contribution in [3.63, 3.8) is 0 Å². The second-order valence-electron chi connectivity index (χ2n) is 34.8. The Bertz CT molecular complexity index is 9610. The first-order valence-electron chi connectivity index (χ1n) is 46.5. The maximum absolute atomic E-state index is 6.32. The van der Waals surface area contributed by atoms with Gasteiger partial charge in [0, 0.05) is 122 Å². The number of furan rings is 5. The standard InChI is InChI=1S/2C42H24N4O2.C40H24N4O/c1-2-11-25(12-3-1)39-44-40(46-41(45-39)31-18-10-21-35-38(31)30-16-5-7-20-34(30)47-35)28-15-8-14-26(23-28)29-17-9-22-36-37(29)32-24-27-13-4-6-19-33(27)43-42(32)48-36;1-2-10-25(11-3-1)40-44-41(46-42(45-40)31-17-9-19-35-38(31)30-16-6-7-18-34(30)47-35)29-15-8-14-28(20-29)33-23-43-24-37-39(33)32-21-26-12-4-5-13-27(26)22-36(32)48-37;1-3-10-25(11-4-1)37-42-38(26-12-5-2-6-13-26)44-39(43-37)30-18-19-31-29(22-30)16-9-17-32(31)33-20-21-41-40-36(33)34-23-27-14-7-8-15-28(27)24-35(34)45-40/h2*1-24H;1-24H. The summed E-state index contributed by atoms with van der Waals surface area (Å²) in [6, 6.07) is 142. The zero-order valence-corrected chi connectivity index (χ0v) is 75.0. The number of benzene rings is 18. The highest BCUT2D eigenvalue weighted by Crippen LogP contribution is 2.47. The third kappa shape index (κ3) is 14.6. The summed E-state index contributed by atoms with van der Waals surface area (Å²) in [5.74, 6) is 5.46. The van der Waals surface area contributed by atoms with E-state index in [-0.39, 0.29) is 0 Å². The second kappa shape index (κ2) is 33.8. The van der Waals surface area contributed by atoms with Crippen molar-refractivity contribution in [2.75, 3.05) is 0 Å². The average molecular weight is 1810 g/mol. The van der Waals surface area contributed by atoms with Crippen molar-refractivity contribution in [3.05, 3.63) is 437 Å². The third-order valence-electron chi connectivity index (χ3n) is 26.3. The Balaban J connectivity index is 0.000000106. The summed E-state index contributed by atoms with van der Waals surface area (Å²) in [6.45, 7) is 0. The van der Waals surface area contributed by atoms with E-state index in [9.17, 15) is 0 Å². The molecular formula is C124H72N12O5. The molecule has 0 amide bonds. The Morgan fingerprint density at radius 1 is 0.156 bits per heavy atom. The molecule has 0 fully saturated rings. The first kappa shape index (κ1) is 81.1. The highest BCUT2D eigenvalue weighted by Gasteiger charge is 2.26. The van der Waals surface area contributed by atoms with Crippen LogP contribution in [0.15, 0.2) is 459 Å². The van der Waals surface area contributed by atoms with Crippen LogP contribution in [0.25, 0.3) is 289 Å². The molecule has 0 N–H and O–H groups in total. The number of hydrogen-bond acceptors (Lipinski definition) is 17. The Hall–Kier alpha value is -19.5. The van der Waals surface area contributed by atoms with Crippen LogP contribution in [0.5, 0.6) is 0 Å². The van der Waals surface area contributed by atoms with Gasteiger partial charge in [0.2, 0.25) is 11.4 Å². The van der Waals surface area contributed by atoms with Crippen LogP contribution in [0, 0.1) is 0 Å². The van der Waals surface area contributed by atoms with Gasteiger partial charge in [0.1, 0.15) is 39.1 Å². The first-order valence-corrected chi connectivity index (χ1v) is 46.5. The van der Waals surface area contributed by atoms with Crippen molar-refractivity contribution in [3.8, 4) is 136 Å². The average Bonchev–Trinajstić information content (AvgIpc) is 1.62. The maximum Gasteiger partial charge on any atom is 0.227 e. The summed E-state index contributed by atoms with van der Waals surface area (Å²) in [5, 5.41) is 18.1. The van der Waals surface area contributed by atoms with Crippen LogP contribution < -0.4 is 0 Å². The van der Waals surface area contributed by atoms with Gasteiger partial charge in [0.15, 0.2) is 58.0 Å². The van der Waals surface area contributed by atoms with E-state index < -0.39 is 0 Å². The molecular weight excluding hydrogens is 1740 g/mol. The molecule has 0 spiro atoms. The fraction of sp³-hybridized carbons (Fsp3) is 0. The Labute approximate surface area is 802 Å². The van der Waals surface area contributed by atoms with Gasteiger partial charge in [-0.05, 0) is 151 Å². The Morgan fingerprint density at radius 3 is 1.06 bits per heavy atom. The fourth-order valence-corrected chi connectivity index (χ4v) is 19.7. The summed E-state index contributed by atoms with van der Waals surface area (Å²) >= 11 is 0. The number of fused-ring (bicyclic) bond motifs is 19. The predicted octanol–water partition coefficient (Wildman–Crippen LogP) is 31.9. The van der Waals surface area contributed by atoms with E-state index in [1.54, 1.807) is 6.20 Å². The van der Waals surface area contributed by atoms with Gasteiger partial charge in [-0.3, -0.25) is 4.98 Å². The molecule has 11 aromatic heterocycles. The molecule has 0 aliphatic rings. The van der Waals surface area contributed by atoms with Crippen molar-refractivity contribution in [2.45, 2.75) is 0 Å². The molecule has 0 radical (unpaired) electrons. The lowest BCUT2D eigenvalue weighted by Crippen LogP contribution is -2.00. The highest BCUT2D eigenvalue weighted by atomic mass is 16.4. The van der Waals surface area contributed by atoms with E-state index in [1.807, 2.05) is 255 Å². The number of para-hydroxylation sites is 3. The van der Waals surface area contributed by atoms with Gasteiger partial charge in [-0.2, -0.15) is 0 Å². The van der Waals surface area contributed by atoms with Crippen LogP contribution >= 0.6 is 0 Å². The van der Waals surface area contributed by atoms with Crippen LogP contribution in [0.4, 0.5) is 0 Å². The monoisotopic (exact) mass is 1810 g/mol. The molecule has 17 nitrogen and oxygen atoms in total. The van der Waals surface area contributed by atoms with Crippen molar-refractivity contribution >= 4 is 153 Å². The molecule has 0 saturated carbocycles. The first-order chi connectivity index (χ1) is 69.8. The molecule has 0 bridgehead atoms. The summed E-state index contributed by atoms with van der Waals surface area (Å²) in [5.41, 5.74) is 23.1. The van der Waals surface area contributed by atoms with Crippen LogP contribution in [0.3, 0.4) is 0 Å². The van der Waals surface area contributed by atoms with E-state index in [4.69, 9.17) is 71.9 Å². The van der Waals surface area contributed by atoms with E-state index in [2.05, 4.69) is 186 Å². The van der Waals surface area contributed by atoms with Gasteiger partial charge in [-0.1, -0.05) is 328 Å². The largest absolute Gasteiger partial charge is 0.456 e. The molecule has 0 aliphatic heterocycles. The van der Waals surface area contributed by atoms with Crippen LogP contribution in [0.2, 0.25) is 0 Å². The fourth-order valence-electron chi connectivity index (χ4n) is 19.7. The molecule has 0 saturated heterocycles. The van der Waals surface area contributed by atoms with Crippen LogP contribution in [-0.2, 0) is 0 Å². The SMILES string of the molecule is c1ccc(-c2nc(-c3cccc(-c4cccc5oc6nc7ccccc7cc6c45)c3)nc(-c3cccc4oc5ccccc5c34)n2)cc1.c1ccc(-c2nc(-c3cccc(-c4cncc5oc6cc7ccccc7cc6c45)c3)nc(-c3cccc4oc5ccccc5c34)n2)cc1.c1ccc(-c2nc(-c3ccccc3)nc(-c3ccc4c(-c5ccnc6oc7cc8ccccc8cc7c56)cccc4c3)n2)cc1. The van der Waals surface area contributed by atoms with Gasteiger partial charge in [0.25, 0.3) is 0 Å². The lowest BCUT2D eigenvalue weighted by atomic mass is 9.94. The van der Waals surface area contributed by atoms with Crippen LogP contribution in [-0.4, -0.2) is 59.8 Å². The molecule has 29 rings (SSSR count). The molecule has 141 heavy (non-hydrogen) atoms. The van der Waals surface area contributed by atoms with Gasteiger partial charge in [-0.25, -0.2) is 54.8 Å². The van der Waals surface area contributed by atoms with Crippen molar-refractivity contribution < 1.29 is 22.1 Å². The molecule has 0 aliphatic carbocycles. The van der Waals surface area contributed by atoms with Gasteiger partial charge in [0.05, 0.1) is 17.1 Å². The Kier molecular flexibility index (Phi) is 19.5. The number of nitrogens with zero attached hydrogens (tertiary/aromatic N) is 12. The minimum Gasteiger partial charge on any atom is -0.456 e. The minimum absolute atomic E-state index is 0.577. The smallest absolute Gasteiger partial charge is 0.227 e. The highest BCUT2D eigenvalue weighted by molar-refractivity contribution is 6.20. The van der Waals surface area contributed by atoms with Crippen LogP contribution in [0.1, 0.15) is 0 Å². The van der Waals surface area contributed by atoms with E-state index in [0.717, 1.165) is 220 Å². The zero-order valence-electron chi connectivity index (χ0n) is 75.0. The third-order valence-corrected chi connectivity index (χ3v) is 26.3. The lowest BCUT2D eigenvalue weighted by molar-refractivity contribution is 0.654. The quantitative estimate of drug-likeness (QED) is 0.111. The summed E-state index contributed by atoms with van der Waals surface area (Å²) in [6.07, 6.45) is 5.52. The molecule has 0 unspecified atom stereocenters. The van der Waals surface area contributed by atoms with Gasteiger partial charge < -0.3 is 22.1 Å². The Morgan fingerprint density at radius 2 is 0.518 bits per heavy atom. The summed E-state index contributed by atoms with van der Waals surface area (Å²) < 4.78 is 31.3. The summed E-state index contributed by atoms with van der Waals surface area (Å²) in [4.78, 5) is 59.0. The van der Waals surface area contributed by atoms with E-state index in [1.165, 1.54) is 5.39 Å². The topological polar surface area (TPSA) is 220 Å². The van der Waals surface area contributed by atoms with Gasteiger partial charge >= 0.3 is 0 Å². The second-order valence-corrected chi connectivity index (χ2v) is 34.8.